The molecule has 4 aromatic rings. The second-order valence-electron chi connectivity index (χ2n) is 5.35. The number of aryl methyl sites for hydroxylation is 3. The Labute approximate surface area is 172 Å². The van der Waals surface area contributed by atoms with E-state index >= 15 is 0 Å². The lowest BCUT2D eigenvalue weighted by Gasteiger charge is -1.91. The molecule has 158 valence electrons. The maximum Gasteiger partial charge on any atom is 0.373 e. The monoisotopic (exact) mass is 414 g/mol. The van der Waals surface area contributed by atoms with Crippen LogP contribution in [0.4, 0.5) is 0 Å². The molecule has 0 radical (unpaired) electrons. The molecule has 4 heterocycles. The number of imidazole rings is 2. The van der Waals surface area contributed by atoms with E-state index in [9.17, 15) is 0 Å². The first-order valence-corrected chi connectivity index (χ1v) is 8.52. The Morgan fingerprint density at radius 3 is 1.80 bits per heavy atom. The van der Waals surface area contributed by atoms with Crippen molar-refractivity contribution in [3.63, 3.8) is 0 Å². The highest BCUT2D eigenvalue weighted by Crippen LogP contribution is 2.02. The Kier molecular flexibility index (Phi) is 12.9. The minimum Gasteiger partial charge on any atom is -0.397 e. The molecule has 0 saturated heterocycles. The lowest BCUT2D eigenvalue weighted by atomic mass is 10.4. The summed E-state index contributed by atoms with van der Waals surface area (Å²) in [5, 5.41) is 15.9. The third kappa shape index (κ3) is 9.77. The number of aliphatic hydroxyl groups excluding tert-OH is 1. The zero-order valence-corrected chi connectivity index (χ0v) is 17.0. The van der Waals surface area contributed by atoms with E-state index in [1.54, 1.807) is 22.2 Å². The Bertz CT molecular complexity index is 1050. The maximum atomic E-state index is 8.12. The number of aliphatic hydroxyl groups is 1. The van der Waals surface area contributed by atoms with E-state index < -0.39 is 0 Å². The van der Waals surface area contributed by atoms with Crippen LogP contribution in [0.15, 0.2) is 42.9 Å². The Morgan fingerprint density at radius 1 is 0.833 bits per heavy atom. The Hall–Kier alpha value is -4.04. The first-order chi connectivity index (χ1) is 14.4. The number of hydrogen-bond donors (Lipinski definition) is 1. The van der Waals surface area contributed by atoms with Gasteiger partial charge in [-0.15, -0.1) is 0 Å². The maximum absolute atomic E-state index is 8.12. The molecule has 1 N–H and O–H groups in total. The predicted octanol–water partition coefficient (Wildman–Crippen LogP) is 1.22. The van der Waals surface area contributed by atoms with Gasteiger partial charge in [0.2, 0.25) is 0 Å². The van der Waals surface area contributed by atoms with Crippen LogP contribution in [0, 0.1) is 20.8 Å². The lowest BCUT2D eigenvalue weighted by Crippen LogP contribution is -1.91. The van der Waals surface area contributed by atoms with Gasteiger partial charge in [-0.05, 0) is 52.0 Å². The zero-order chi connectivity index (χ0) is 22.9. The van der Waals surface area contributed by atoms with Crippen LogP contribution >= 0.6 is 0 Å². The summed E-state index contributed by atoms with van der Waals surface area (Å²) in [6.45, 7) is 7.81. The summed E-state index contributed by atoms with van der Waals surface area (Å²) in [5.41, 5.74) is 4.82. The van der Waals surface area contributed by atoms with Crippen molar-refractivity contribution in [3.8, 4) is 0 Å². The van der Waals surface area contributed by atoms with Crippen LogP contribution in [0.25, 0.3) is 11.3 Å². The summed E-state index contributed by atoms with van der Waals surface area (Å²) in [6, 6.07) is 7.74. The van der Waals surface area contributed by atoms with Gasteiger partial charge in [-0.1, -0.05) is 0 Å². The molecule has 0 aromatic carbocycles. The van der Waals surface area contributed by atoms with Crippen LogP contribution < -0.4 is 0 Å². The van der Waals surface area contributed by atoms with Crippen molar-refractivity contribution in [1.29, 1.82) is 0 Å². The molecule has 11 heteroatoms. The second-order valence-corrected chi connectivity index (χ2v) is 5.35. The molecular weight excluding hydrogens is 392 g/mol. The van der Waals surface area contributed by atoms with Crippen molar-refractivity contribution < 1.29 is 24.3 Å². The Morgan fingerprint density at radius 2 is 1.30 bits per heavy atom. The average Bonchev–Trinajstić information content (AvgIpc) is 3.24. The molecule has 0 fully saturated rings. The fourth-order valence-corrected chi connectivity index (χ4v) is 2.05. The minimum absolute atomic E-state index is 0.250. The molecule has 0 saturated carbocycles. The van der Waals surface area contributed by atoms with Gasteiger partial charge in [0.25, 0.3) is 0 Å². The molecule has 11 nitrogen and oxygen atoms in total. The van der Waals surface area contributed by atoms with E-state index in [1.165, 1.54) is 0 Å². The van der Waals surface area contributed by atoms with Crippen molar-refractivity contribution in [3.05, 3.63) is 59.9 Å². The number of aromatic nitrogens is 6. The molecule has 0 bridgehead atoms. The number of carbonyl (C=O) groups excluding carboxylic acids is 4. The number of fused-ring (bicyclic) bond motifs is 2. The van der Waals surface area contributed by atoms with Gasteiger partial charge in [0.05, 0.1) is 29.5 Å². The van der Waals surface area contributed by atoms with Gasteiger partial charge in [0, 0.05) is 12.8 Å². The summed E-state index contributed by atoms with van der Waals surface area (Å²) in [5.74, 6) is 0. The first-order valence-electron chi connectivity index (χ1n) is 8.52. The molecule has 30 heavy (non-hydrogen) atoms. The molecule has 0 amide bonds. The summed E-state index contributed by atoms with van der Waals surface area (Å²) < 4.78 is 3.56. The molecular formula is C19H22N6O5. The zero-order valence-electron chi connectivity index (χ0n) is 17.0. The van der Waals surface area contributed by atoms with Crippen LogP contribution in [0.1, 0.15) is 24.0 Å². The topological polar surface area (TPSA) is 149 Å². The number of rotatable bonds is 0. The van der Waals surface area contributed by atoms with Crippen LogP contribution in [-0.2, 0) is 19.2 Å². The van der Waals surface area contributed by atoms with Gasteiger partial charge < -0.3 is 5.11 Å². The van der Waals surface area contributed by atoms with Crippen molar-refractivity contribution in [2.45, 2.75) is 27.7 Å². The third-order valence-corrected chi connectivity index (χ3v) is 2.93. The average molecular weight is 414 g/mol. The summed E-state index contributed by atoms with van der Waals surface area (Å²) in [7, 11) is 0. The van der Waals surface area contributed by atoms with Gasteiger partial charge in [0.15, 0.2) is 11.3 Å². The van der Waals surface area contributed by atoms with Crippen molar-refractivity contribution in [2.75, 3.05) is 6.61 Å². The van der Waals surface area contributed by atoms with Crippen LogP contribution in [0.2, 0.25) is 0 Å². The molecule has 4 aromatic heterocycles. The number of hydrogen-bond acceptors (Lipinski definition) is 9. The molecule has 0 spiro atoms. The van der Waals surface area contributed by atoms with Gasteiger partial charge in [0.1, 0.15) is 0 Å². The summed E-state index contributed by atoms with van der Waals surface area (Å²) >= 11 is 0. The molecule has 0 aliphatic heterocycles. The molecule has 0 aliphatic rings. The van der Waals surface area contributed by atoms with Crippen molar-refractivity contribution >= 4 is 23.6 Å². The lowest BCUT2D eigenvalue weighted by molar-refractivity contribution is -0.193. The second kappa shape index (κ2) is 14.9. The normalized spacial score (nSPS) is 8.57. The molecule has 0 atom stereocenters. The summed E-state index contributed by atoms with van der Waals surface area (Å²) in [6.07, 6.45) is 6.06. The van der Waals surface area contributed by atoms with E-state index in [-0.39, 0.29) is 18.9 Å². The fourth-order valence-electron chi connectivity index (χ4n) is 2.05. The van der Waals surface area contributed by atoms with Crippen LogP contribution in [0.3, 0.4) is 0 Å². The highest BCUT2D eigenvalue weighted by Gasteiger charge is 1.96. The first kappa shape index (κ1) is 26.0. The van der Waals surface area contributed by atoms with E-state index in [4.69, 9.17) is 24.3 Å². The van der Waals surface area contributed by atoms with E-state index in [2.05, 4.69) is 20.2 Å². The minimum atomic E-state index is 0.250. The quantitative estimate of drug-likeness (QED) is 0.448. The molecule has 4 rings (SSSR count). The fraction of sp³-hybridized carbons (Fsp3) is 0.263. The highest BCUT2D eigenvalue weighted by molar-refractivity contribution is 5.38. The third-order valence-electron chi connectivity index (χ3n) is 2.93. The van der Waals surface area contributed by atoms with Gasteiger partial charge in [-0.25, -0.2) is 19.0 Å². The van der Waals surface area contributed by atoms with Gasteiger partial charge in [-0.2, -0.15) is 29.4 Å². The van der Waals surface area contributed by atoms with Crippen molar-refractivity contribution in [1.82, 2.24) is 29.2 Å². The van der Waals surface area contributed by atoms with E-state index in [1.807, 2.05) is 57.4 Å². The van der Waals surface area contributed by atoms with E-state index in [0.717, 1.165) is 28.4 Å². The highest BCUT2D eigenvalue weighted by atomic mass is 16.2. The van der Waals surface area contributed by atoms with Gasteiger partial charge in [-0.3, -0.25) is 0 Å². The Balaban J connectivity index is 0.000000407. The summed E-state index contributed by atoms with van der Waals surface area (Å²) in [4.78, 5) is 41.0. The molecule has 0 unspecified atom stereocenters. The smallest absolute Gasteiger partial charge is 0.373 e. The molecule has 0 aliphatic carbocycles. The van der Waals surface area contributed by atoms with Crippen LogP contribution in [-0.4, -0.2) is 53.2 Å². The van der Waals surface area contributed by atoms with E-state index in [0.29, 0.717) is 0 Å². The largest absolute Gasteiger partial charge is 0.397 e. The van der Waals surface area contributed by atoms with Gasteiger partial charge >= 0.3 is 12.3 Å². The SMILES string of the molecule is CCO.Cc1cn2nc(C)ccc2n1.Cc1cn2ncccc2n1.O=C=O.O=C=O. The number of nitrogens with zero attached hydrogens (tertiary/aromatic N) is 6. The standard InChI is InChI=1S/C8H9N3.C7H7N3.C2H6O.2CO2/c1-6-3-4-8-9-7(2)5-11(8)10-6;1-6-5-10-7(9-6)3-2-4-8-10;1-2-3;2*2-1-3/h3-5H,1-2H3;2-5H,1H3;3H,2H2,1H3;;. The van der Waals surface area contributed by atoms with Crippen molar-refractivity contribution in [2.24, 2.45) is 0 Å². The predicted molar refractivity (Wildman–Crippen MR) is 103 cm³/mol. The van der Waals surface area contributed by atoms with Crippen LogP contribution in [0.5, 0.6) is 0 Å².